The molecule has 2 aromatic rings. The van der Waals surface area contributed by atoms with E-state index in [2.05, 4.69) is 25.4 Å². The van der Waals surface area contributed by atoms with E-state index >= 15 is 0 Å². The average Bonchev–Trinajstić information content (AvgIpc) is 2.51. The zero-order chi connectivity index (χ0) is 13.8. The van der Waals surface area contributed by atoms with Gasteiger partial charge in [-0.25, -0.2) is 0 Å². The first-order valence-corrected chi connectivity index (χ1v) is 7.17. The summed E-state index contributed by atoms with van der Waals surface area (Å²) >= 11 is 6.11. The molecule has 20 heavy (non-hydrogen) atoms. The number of piperidine rings is 1. The van der Waals surface area contributed by atoms with E-state index in [4.69, 9.17) is 11.6 Å². The molecule has 1 saturated heterocycles. The van der Waals surface area contributed by atoms with Crippen LogP contribution in [-0.4, -0.2) is 28.3 Å². The summed E-state index contributed by atoms with van der Waals surface area (Å²) in [5.41, 5.74) is 0.784. The van der Waals surface area contributed by atoms with Crippen LogP contribution in [0, 0.1) is 0 Å². The molecule has 0 spiro atoms. The molecule has 0 amide bonds. The number of anilines is 3. The van der Waals surface area contributed by atoms with Gasteiger partial charge in [0.2, 0.25) is 5.95 Å². The van der Waals surface area contributed by atoms with Gasteiger partial charge in [0, 0.05) is 13.1 Å². The fraction of sp³-hybridized carbons (Fsp3) is 0.357. The molecule has 6 heteroatoms. The highest BCUT2D eigenvalue weighted by Gasteiger charge is 2.13. The second-order valence-electron chi connectivity index (χ2n) is 4.79. The minimum Gasteiger partial charge on any atom is -0.355 e. The van der Waals surface area contributed by atoms with Gasteiger partial charge in [-0.3, -0.25) is 0 Å². The Bertz CT molecular complexity index is 583. The Hall–Kier alpha value is -1.88. The van der Waals surface area contributed by atoms with Crippen LogP contribution in [0.4, 0.5) is 17.5 Å². The molecule has 1 aromatic heterocycles. The van der Waals surface area contributed by atoms with E-state index < -0.39 is 0 Å². The number of aromatic nitrogens is 3. The second kappa shape index (κ2) is 6.05. The van der Waals surface area contributed by atoms with Crippen molar-refractivity contribution >= 4 is 29.1 Å². The molecule has 1 aliphatic heterocycles. The first-order chi connectivity index (χ1) is 9.83. The fourth-order valence-electron chi connectivity index (χ4n) is 2.31. The summed E-state index contributed by atoms with van der Waals surface area (Å²) in [5, 5.41) is 11.8. The van der Waals surface area contributed by atoms with Gasteiger partial charge >= 0.3 is 0 Å². The molecule has 0 atom stereocenters. The van der Waals surface area contributed by atoms with Gasteiger partial charge in [0.05, 0.1) is 16.9 Å². The van der Waals surface area contributed by atoms with Crippen molar-refractivity contribution in [2.24, 2.45) is 0 Å². The first-order valence-electron chi connectivity index (χ1n) is 6.79. The summed E-state index contributed by atoms with van der Waals surface area (Å²) in [4.78, 5) is 6.76. The van der Waals surface area contributed by atoms with Crippen molar-refractivity contribution in [1.82, 2.24) is 15.2 Å². The van der Waals surface area contributed by atoms with Gasteiger partial charge in [0.15, 0.2) is 5.82 Å². The number of benzene rings is 1. The van der Waals surface area contributed by atoms with Crippen LogP contribution >= 0.6 is 11.6 Å². The van der Waals surface area contributed by atoms with Gasteiger partial charge in [0.25, 0.3) is 0 Å². The maximum absolute atomic E-state index is 6.11. The lowest BCUT2D eigenvalue weighted by molar-refractivity contribution is 0.572. The normalized spacial score (nSPS) is 15.2. The van der Waals surface area contributed by atoms with Crippen molar-refractivity contribution in [3.63, 3.8) is 0 Å². The number of nitrogens with zero attached hydrogens (tertiary/aromatic N) is 4. The molecular formula is C14H16ClN5. The second-order valence-corrected chi connectivity index (χ2v) is 5.20. The summed E-state index contributed by atoms with van der Waals surface area (Å²) in [5.74, 6) is 1.34. The van der Waals surface area contributed by atoms with E-state index in [1.165, 1.54) is 19.3 Å². The maximum Gasteiger partial charge on any atom is 0.249 e. The lowest BCUT2D eigenvalue weighted by Gasteiger charge is -2.27. The van der Waals surface area contributed by atoms with Gasteiger partial charge in [-0.2, -0.15) is 10.1 Å². The Morgan fingerprint density at radius 3 is 2.70 bits per heavy atom. The Balaban J connectivity index is 1.79. The molecule has 0 aliphatic carbocycles. The number of nitrogens with one attached hydrogen (secondary N) is 1. The molecule has 3 rings (SSSR count). The number of hydrogen-bond donors (Lipinski definition) is 1. The third-order valence-corrected chi connectivity index (χ3v) is 3.68. The SMILES string of the molecule is Clc1ccccc1Nc1nncc(N2CCCCC2)n1. The summed E-state index contributed by atoms with van der Waals surface area (Å²) < 4.78 is 0. The van der Waals surface area contributed by atoms with E-state index in [1.54, 1.807) is 6.20 Å². The summed E-state index contributed by atoms with van der Waals surface area (Å²) in [6.07, 6.45) is 5.41. The number of para-hydroxylation sites is 1. The summed E-state index contributed by atoms with van der Waals surface area (Å²) in [7, 11) is 0. The zero-order valence-electron chi connectivity index (χ0n) is 11.1. The predicted octanol–water partition coefficient (Wildman–Crippen LogP) is 3.26. The van der Waals surface area contributed by atoms with E-state index in [0.717, 1.165) is 24.6 Å². The molecule has 104 valence electrons. The molecule has 1 aliphatic rings. The molecule has 5 nitrogen and oxygen atoms in total. The molecule has 2 heterocycles. The van der Waals surface area contributed by atoms with Crippen LogP contribution in [0.3, 0.4) is 0 Å². The van der Waals surface area contributed by atoms with E-state index in [-0.39, 0.29) is 0 Å². The highest BCUT2D eigenvalue weighted by atomic mass is 35.5. The quantitative estimate of drug-likeness (QED) is 0.940. The largest absolute Gasteiger partial charge is 0.355 e. The smallest absolute Gasteiger partial charge is 0.249 e. The number of halogens is 1. The molecular weight excluding hydrogens is 274 g/mol. The van der Waals surface area contributed by atoms with E-state index in [0.29, 0.717) is 11.0 Å². The van der Waals surface area contributed by atoms with Crippen molar-refractivity contribution in [2.75, 3.05) is 23.3 Å². The van der Waals surface area contributed by atoms with Gasteiger partial charge in [-0.15, -0.1) is 5.10 Å². The van der Waals surface area contributed by atoms with Crippen molar-refractivity contribution < 1.29 is 0 Å². The number of rotatable bonds is 3. The molecule has 0 unspecified atom stereocenters. The summed E-state index contributed by atoms with van der Waals surface area (Å²) in [6.45, 7) is 2.06. The lowest BCUT2D eigenvalue weighted by atomic mass is 10.1. The lowest BCUT2D eigenvalue weighted by Crippen LogP contribution is -2.30. The molecule has 0 radical (unpaired) electrons. The third kappa shape index (κ3) is 2.99. The van der Waals surface area contributed by atoms with Crippen LogP contribution in [0.2, 0.25) is 5.02 Å². The van der Waals surface area contributed by atoms with Crippen LogP contribution in [0.1, 0.15) is 19.3 Å². The highest BCUT2D eigenvalue weighted by Crippen LogP contribution is 2.24. The van der Waals surface area contributed by atoms with Crippen molar-refractivity contribution in [3.8, 4) is 0 Å². The molecule has 0 saturated carbocycles. The minimum absolute atomic E-state index is 0.473. The van der Waals surface area contributed by atoms with Crippen LogP contribution in [0.25, 0.3) is 0 Å². The summed E-state index contributed by atoms with van der Waals surface area (Å²) in [6, 6.07) is 7.51. The Kier molecular flexibility index (Phi) is 3.97. The molecule has 1 N–H and O–H groups in total. The van der Waals surface area contributed by atoms with E-state index in [1.807, 2.05) is 24.3 Å². The first kappa shape index (κ1) is 13.1. The Morgan fingerprint density at radius 2 is 1.90 bits per heavy atom. The third-order valence-electron chi connectivity index (χ3n) is 3.35. The van der Waals surface area contributed by atoms with Crippen molar-refractivity contribution in [2.45, 2.75) is 19.3 Å². The molecule has 0 bridgehead atoms. The monoisotopic (exact) mass is 289 g/mol. The van der Waals surface area contributed by atoms with Gasteiger partial charge in [-0.05, 0) is 31.4 Å². The standard InChI is InChI=1S/C14H16ClN5/c15-11-6-2-3-7-12(11)17-14-18-13(10-16-19-14)20-8-4-1-5-9-20/h2-3,6-7,10H,1,4-5,8-9H2,(H,17,18,19). The van der Waals surface area contributed by atoms with E-state index in [9.17, 15) is 0 Å². The van der Waals surface area contributed by atoms with Crippen molar-refractivity contribution in [3.05, 3.63) is 35.5 Å². The molecule has 1 aromatic carbocycles. The average molecular weight is 290 g/mol. The molecule has 1 fully saturated rings. The van der Waals surface area contributed by atoms with Crippen LogP contribution in [0.5, 0.6) is 0 Å². The fourth-order valence-corrected chi connectivity index (χ4v) is 2.49. The van der Waals surface area contributed by atoms with Crippen LogP contribution in [0.15, 0.2) is 30.5 Å². The highest BCUT2D eigenvalue weighted by molar-refractivity contribution is 6.33. The topological polar surface area (TPSA) is 53.9 Å². The minimum atomic E-state index is 0.473. The zero-order valence-corrected chi connectivity index (χ0v) is 11.8. The van der Waals surface area contributed by atoms with Crippen molar-refractivity contribution in [1.29, 1.82) is 0 Å². The Labute approximate surface area is 123 Å². The maximum atomic E-state index is 6.11. The van der Waals surface area contributed by atoms with Crippen LogP contribution in [-0.2, 0) is 0 Å². The van der Waals surface area contributed by atoms with Crippen LogP contribution < -0.4 is 10.2 Å². The predicted molar refractivity (Wildman–Crippen MR) is 80.6 cm³/mol. The van der Waals surface area contributed by atoms with Gasteiger partial charge in [0.1, 0.15) is 0 Å². The van der Waals surface area contributed by atoms with Gasteiger partial charge < -0.3 is 10.2 Å². The number of hydrogen-bond acceptors (Lipinski definition) is 5. The Morgan fingerprint density at radius 1 is 1.10 bits per heavy atom. The van der Waals surface area contributed by atoms with Gasteiger partial charge in [-0.1, -0.05) is 23.7 Å².